The molecule has 0 bridgehead atoms. The maximum absolute atomic E-state index is 12.0. The molecule has 1 aromatic carbocycles. The van der Waals surface area contributed by atoms with Gasteiger partial charge in [-0.25, -0.2) is 4.98 Å². The van der Waals surface area contributed by atoms with Gasteiger partial charge in [0.15, 0.2) is 0 Å². The summed E-state index contributed by atoms with van der Waals surface area (Å²) in [6, 6.07) is 9.86. The van der Waals surface area contributed by atoms with Crippen molar-refractivity contribution in [2.24, 2.45) is 4.99 Å². The second kappa shape index (κ2) is 10.2. The van der Waals surface area contributed by atoms with Crippen molar-refractivity contribution in [3.8, 4) is 11.6 Å². The number of carbonyl (C=O) groups excluding carboxylic acids is 1. The minimum Gasteiger partial charge on any atom is -0.439 e. The average Bonchev–Trinajstić information content (AvgIpc) is 3.53. The number of nitrogens with zero attached hydrogens (tertiary/aromatic N) is 5. The van der Waals surface area contributed by atoms with Crippen molar-refractivity contribution >= 4 is 28.6 Å². The first-order valence-electron chi connectivity index (χ1n) is 12.4. The lowest BCUT2D eigenvalue weighted by atomic mass is 10.0. The number of carbonyl (C=O) groups is 1. The van der Waals surface area contributed by atoms with E-state index in [1.807, 2.05) is 59.7 Å². The fourth-order valence-electron chi connectivity index (χ4n) is 4.43. The van der Waals surface area contributed by atoms with Crippen LogP contribution in [0.2, 0.25) is 0 Å². The van der Waals surface area contributed by atoms with E-state index in [0.29, 0.717) is 12.4 Å². The maximum Gasteiger partial charge on any atom is 0.251 e. The van der Waals surface area contributed by atoms with Gasteiger partial charge in [0.2, 0.25) is 5.88 Å². The lowest BCUT2D eigenvalue weighted by Crippen LogP contribution is -2.50. The van der Waals surface area contributed by atoms with Crippen LogP contribution in [-0.2, 0) is 11.3 Å². The van der Waals surface area contributed by atoms with E-state index < -0.39 is 5.60 Å². The quantitative estimate of drug-likeness (QED) is 0.505. The van der Waals surface area contributed by atoms with Crippen LogP contribution in [0.3, 0.4) is 0 Å². The van der Waals surface area contributed by atoms with Crippen molar-refractivity contribution in [2.75, 3.05) is 26.2 Å². The summed E-state index contributed by atoms with van der Waals surface area (Å²) in [5.74, 6) is 0.963. The summed E-state index contributed by atoms with van der Waals surface area (Å²) in [5, 5.41) is 18.5. The molecule has 0 unspecified atom stereocenters. The number of likely N-dealkylation sites (tertiary alicyclic amines) is 1. The number of aliphatic hydroxyl groups is 1. The first kappa shape index (κ1) is 24.1. The lowest BCUT2D eigenvalue weighted by Gasteiger charge is -2.33. The van der Waals surface area contributed by atoms with Gasteiger partial charge in [0.25, 0.3) is 5.91 Å². The molecule has 36 heavy (non-hydrogen) atoms. The number of rotatable bonds is 8. The Balaban J connectivity index is 1.13. The third-order valence-corrected chi connectivity index (χ3v) is 6.62. The summed E-state index contributed by atoms with van der Waals surface area (Å²) in [6.07, 6.45) is 9.44. The van der Waals surface area contributed by atoms with Crippen molar-refractivity contribution in [3.63, 3.8) is 0 Å². The Morgan fingerprint density at radius 2 is 2.03 bits per heavy atom. The van der Waals surface area contributed by atoms with Gasteiger partial charge < -0.3 is 20.1 Å². The van der Waals surface area contributed by atoms with E-state index in [4.69, 9.17) is 9.84 Å². The zero-order valence-electron chi connectivity index (χ0n) is 20.7. The fourth-order valence-corrected chi connectivity index (χ4v) is 4.43. The Morgan fingerprint density at radius 1 is 1.19 bits per heavy atom. The van der Waals surface area contributed by atoms with Crippen LogP contribution in [0.25, 0.3) is 16.5 Å². The lowest BCUT2D eigenvalue weighted by molar-refractivity contribution is -0.137. The smallest absolute Gasteiger partial charge is 0.251 e. The minimum absolute atomic E-state index is 0.116. The highest BCUT2D eigenvalue weighted by atomic mass is 16.5. The third kappa shape index (κ3) is 5.80. The van der Waals surface area contributed by atoms with E-state index in [0.717, 1.165) is 66.8 Å². The zero-order chi connectivity index (χ0) is 25.1. The van der Waals surface area contributed by atoms with Crippen molar-refractivity contribution in [1.82, 2.24) is 25.0 Å². The van der Waals surface area contributed by atoms with Crippen LogP contribution < -0.4 is 10.1 Å². The Bertz CT molecular complexity index is 1280. The molecule has 1 fully saturated rings. The van der Waals surface area contributed by atoms with E-state index in [2.05, 4.69) is 20.2 Å². The second-order valence-corrected chi connectivity index (χ2v) is 9.93. The Labute approximate surface area is 210 Å². The van der Waals surface area contributed by atoms with Gasteiger partial charge in [0, 0.05) is 55.7 Å². The molecule has 0 aliphatic carbocycles. The molecule has 2 aliphatic rings. The largest absolute Gasteiger partial charge is 0.439 e. The number of nitrogens with one attached hydrogen (secondary N) is 1. The summed E-state index contributed by atoms with van der Waals surface area (Å²) >= 11 is 0. The third-order valence-electron chi connectivity index (χ3n) is 6.62. The minimum atomic E-state index is -1.34. The monoisotopic (exact) mass is 488 g/mol. The van der Waals surface area contributed by atoms with Gasteiger partial charge >= 0.3 is 0 Å². The molecule has 1 saturated heterocycles. The number of hydrogen-bond donors (Lipinski definition) is 2. The van der Waals surface area contributed by atoms with Gasteiger partial charge in [-0.15, -0.1) is 0 Å². The van der Waals surface area contributed by atoms with Crippen LogP contribution in [-0.4, -0.2) is 74.7 Å². The summed E-state index contributed by atoms with van der Waals surface area (Å²) in [6.45, 7) is 7.22. The number of piperidine rings is 1. The van der Waals surface area contributed by atoms with Crippen molar-refractivity contribution in [1.29, 1.82) is 0 Å². The molecule has 0 saturated carbocycles. The molecule has 5 rings (SSSR count). The number of allylic oxidation sites excluding steroid dienone is 1. The summed E-state index contributed by atoms with van der Waals surface area (Å²) < 4.78 is 7.95. The highest BCUT2D eigenvalue weighted by Crippen LogP contribution is 2.25. The van der Waals surface area contributed by atoms with Crippen LogP contribution in [0.4, 0.5) is 0 Å². The maximum atomic E-state index is 12.0. The van der Waals surface area contributed by atoms with Gasteiger partial charge in [-0.05, 0) is 68.2 Å². The molecule has 0 spiro atoms. The van der Waals surface area contributed by atoms with E-state index >= 15 is 0 Å². The Morgan fingerprint density at radius 3 is 2.72 bits per heavy atom. The molecular weight excluding hydrogens is 456 g/mol. The van der Waals surface area contributed by atoms with Crippen LogP contribution in [0.15, 0.2) is 53.8 Å². The van der Waals surface area contributed by atoms with Gasteiger partial charge in [0.1, 0.15) is 11.4 Å². The fraction of sp³-hybridized carbons (Fsp3) is 0.407. The number of amides is 1. The number of hydrogen-bond acceptors (Lipinski definition) is 7. The van der Waals surface area contributed by atoms with Crippen LogP contribution in [0.5, 0.6) is 11.6 Å². The van der Waals surface area contributed by atoms with E-state index in [-0.39, 0.29) is 11.9 Å². The number of aliphatic imine (C=N–C) groups is 1. The normalized spacial score (nSPS) is 16.9. The Hall–Kier alpha value is -3.56. The topological polar surface area (TPSA) is 105 Å². The van der Waals surface area contributed by atoms with E-state index in [9.17, 15) is 9.90 Å². The van der Waals surface area contributed by atoms with Crippen molar-refractivity contribution < 1.29 is 14.6 Å². The molecule has 0 radical (unpaired) electrons. The van der Waals surface area contributed by atoms with Crippen molar-refractivity contribution in [3.05, 3.63) is 54.4 Å². The molecule has 1 amide bonds. The molecule has 9 nitrogen and oxygen atoms in total. The molecule has 2 N–H and O–H groups in total. The number of aromatic nitrogens is 3. The number of fused-ring (bicyclic) bond motifs is 1. The highest BCUT2D eigenvalue weighted by Gasteiger charge is 2.28. The predicted molar refractivity (Wildman–Crippen MR) is 139 cm³/mol. The number of pyridine rings is 1. The van der Waals surface area contributed by atoms with Gasteiger partial charge in [0.05, 0.1) is 18.6 Å². The standard InChI is InChI=1S/C27H32N6O3/c1-27(2,35)26(34)30-22-8-11-32(12-9-22)13-14-33-18-21-15-23(4-5-24(21)31-33)36-25-6-3-19(17-29-25)20-7-10-28-16-20/h3-7,10,15,17-18,22,35H,8-9,11-14,16H2,1-2H3,(H,30,34). The first-order valence-corrected chi connectivity index (χ1v) is 12.4. The predicted octanol–water partition coefficient (Wildman–Crippen LogP) is 3.04. The average molecular weight is 489 g/mol. The Kier molecular flexibility index (Phi) is 6.84. The summed E-state index contributed by atoms with van der Waals surface area (Å²) in [7, 11) is 0. The SMILES string of the molecule is CC(C)(O)C(=O)NC1CCN(CCn2cc3cc(Oc4ccc(C5=CC=NC5)cn4)ccc3n2)CC1. The summed E-state index contributed by atoms with van der Waals surface area (Å²) in [5.41, 5.74) is 1.80. The highest BCUT2D eigenvalue weighted by molar-refractivity contribution is 5.89. The summed E-state index contributed by atoms with van der Waals surface area (Å²) in [4.78, 5) is 23.0. The second-order valence-electron chi connectivity index (χ2n) is 9.93. The number of ether oxygens (including phenoxy) is 1. The van der Waals surface area contributed by atoms with E-state index in [1.54, 1.807) is 0 Å². The molecule has 0 atom stereocenters. The van der Waals surface area contributed by atoms with Gasteiger partial charge in [-0.3, -0.25) is 14.5 Å². The molecular formula is C27H32N6O3. The van der Waals surface area contributed by atoms with Crippen LogP contribution >= 0.6 is 0 Å². The van der Waals surface area contributed by atoms with Crippen LogP contribution in [0, 0.1) is 0 Å². The molecule has 2 aliphatic heterocycles. The van der Waals surface area contributed by atoms with E-state index in [1.165, 1.54) is 13.8 Å². The number of benzene rings is 1. The zero-order valence-corrected chi connectivity index (χ0v) is 20.7. The van der Waals surface area contributed by atoms with Crippen LogP contribution in [0.1, 0.15) is 32.3 Å². The molecule has 9 heteroatoms. The molecule has 188 valence electrons. The molecule has 3 aromatic rings. The first-order chi connectivity index (χ1) is 17.3. The molecule has 4 heterocycles. The van der Waals surface area contributed by atoms with Crippen molar-refractivity contribution in [2.45, 2.75) is 44.9 Å². The van der Waals surface area contributed by atoms with Gasteiger partial charge in [-0.1, -0.05) is 0 Å². The molecule has 2 aromatic heterocycles. The van der Waals surface area contributed by atoms with Gasteiger partial charge in [-0.2, -0.15) is 5.10 Å².